The maximum Gasteiger partial charge on any atom is 0.0771 e. The van der Waals surface area contributed by atoms with Crippen LogP contribution >= 0.6 is 0 Å². The van der Waals surface area contributed by atoms with Crippen molar-refractivity contribution >= 4 is 0 Å². The van der Waals surface area contributed by atoms with Crippen LogP contribution in [0.1, 0.15) is 58.8 Å². The van der Waals surface area contributed by atoms with Gasteiger partial charge in [0.25, 0.3) is 0 Å². The van der Waals surface area contributed by atoms with Crippen molar-refractivity contribution in [2.75, 3.05) is 6.54 Å². The molecule has 0 aromatic rings. The number of hydrogen-bond donors (Lipinski definition) is 2. The Hall–Kier alpha value is -0.0800. The van der Waals surface area contributed by atoms with Gasteiger partial charge in [0.1, 0.15) is 0 Å². The molecule has 0 aromatic carbocycles. The first-order chi connectivity index (χ1) is 7.57. The Morgan fingerprint density at radius 1 is 1.06 bits per heavy atom. The van der Waals surface area contributed by atoms with Crippen molar-refractivity contribution in [2.24, 2.45) is 11.8 Å². The Morgan fingerprint density at radius 2 is 1.62 bits per heavy atom. The van der Waals surface area contributed by atoms with Gasteiger partial charge >= 0.3 is 0 Å². The molecule has 2 N–H and O–H groups in total. The zero-order valence-electron chi connectivity index (χ0n) is 10.8. The lowest BCUT2D eigenvalue weighted by Gasteiger charge is -2.34. The van der Waals surface area contributed by atoms with Crippen molar-refractivity contribution in [1.29, 1.82) is 0 Å². The standard InChI is InChI=1S/C14H27NO/c1-11-7-12(2)9-13(8-11)15-10-14(16)5-3-4-6-14/h11-13,15-16H,3-10H2,1-2H3. The van der Waals surface area contributed by atoms with Gasteiger partial charge in [-0.2, -0.15) is 0 Å². The summed E-state index contributed by atoms with van der Waals surface area (Å²) in [5, 5.41) is 13.9. The second kappa shape index (κ2) is 5.05. The molecule has 2 rings (SSSR count). The van der Waals surface area contributed by atoms with E-state index in [1.54, 1.807) is 0 Å². The maximum absolute atomic E-state index is 10.3. The van der Waals surface area contributed by atoms with Crippen LogP contribution in [0.2, 0.25) is 0 Å². The van der Waals surface area contributed by atoms with E-state index in [-0.39, 0.29) is 5.60 Å². The highest BCUT2D eigenvalue weighted by Crippen LogP contribution is 2.31. The minimum atomic E-state index is -0.385. The predicted octanol–water partition coefficient (Wildman–Crippen LogP) is 2.71. The molecule has 0 aromatic heterocycles. The lowest BCUT2D eigenvalue weighted by atomic mass is 9.80. The zero-order valence-corrected chi connectivity index (χ0v) is 10.8. The highest BCUT2D eigenvalue weighted by atomic mass is 16.3. The lowest BCUT2D eigenvalue weighted by Crippen LogP contribution is -2.45. The van der Waals surface area contributed by atoms with E-state index in [0.717, 1.165) is 31.2 Å². The molecule has 94 valence electrons. The summed E-state index contributed by atoms with van der Waals surface area (Å²) in [6.07, 6.45) is 8.37. The van der Waals surface area contributed by atoms with E-state index < -0.39 is 0 Å². The van der Waals surface area contributed by atoms with Gasteiger partial charge in [0.05, 0.1) is 5.60 Å². The third kappa shape index (κ3) is 3.21. The topological polar surface area (TPSA) is 32.3 Å². The van der Waals surface area contributed by atoms with Gasteiger partial charge in [0, 0.05) is 12.6 Å². The van der Waals surface area contributed by atoms with Crippen molar-refractivity contribution in [3.8, 4) is 0 Å². The summed E-state index contributed by atoms with van der Waals surface area (Å²) in [7, 11) is 0. The molecule has 2 unspecified atom stereocenters. The highest BCUT2D eigenvalue weighted by Gasteiger charge is 2.32. The van der Waals surface area contributed by atoms with Crippen molar-refractivity contribution in [2.45, 2.75) is 70.4 Å². The Bertz CT molecular complexity index is 213. The average Bonchev–Trinajstić information content (AvgIpc) is 2.62. The van der Waals surface area contributed by atoms with Gasteiger partial charge in [-0.1, -0.05) is 26.7 Å². The molecule has 0 bridgehead atoms. The van der Waals surface area contributed by atoms with Crippen LogP contribution in [-0.2, 0) is 0 Å². The fourth-order valence-electron chi connectivity index (χ4n) is 3.66. The molecule has 2 nitrogen and oxygen atoms in total. The molecule has 16 heavy (non-hydrogen) atoms. The average molecular weight is 225 g/mol. The van der Waals surface area contributed by atoms with E-state index in [2.05, 4.69) is 19.2 Å². The molecule has 0 heterocycles. The van der Waals surface area contributed by atoms with Crippen LogP contribution in [0.25, 0.3) is 0 Å². The van der Waals surface area contributed by atoms with E-state index >= 15 is 0 Å². The summed E-state index contributed by atoms with van der Waals surface area (Å²) in [4.78, 5) is 0. The Kier molecular flexibility index (Phi) is 3.91. The van der Waals surface area contributed by atoms with Crippen molar-refractivity contribution < 1.29 is 5.11 Å². The van der Waals surface area contributed by atoms with Crippen molar-refractivity contribution in [3.05, 3.63) is 0 Å². The van der Waals surface area contributed by atoms with Crippen LogP contribution in [0.5, 0.6) is 0 Å². The zero-order chi connectivity index (χ0) is 11.6. The van der Waals surface area contributed by atoms with Crippen LogP contribution in [-0.4, -0.2) is 23.3 Å². The molecule has 0 amide bonds. The monoisotopic (exact) mass is 225 g/mol. The van der Waals surface area contributed by atoms with E-state index in [0.29, 0.717) is 6.04 Å². The molecular formula is C14H27NO. The summed E-state index contributed by atoms with van der Waals surface area (Å²) in [6.45, 7) is 5.53. The van der Waals surface area contributed by atoms with Crippen LogP contribution in [0, 0.1) is 11.8 Å². The molecular weight excluding hydrogens is 198 g/mol. The summed E-state index contributed by atoms with van der Waals surface area (Å²) < 4.78 is 0. The van der Waals surface area contributed by atoms with Crippen molar-refractivity contribution in [3.63, 3.8) is 0 Å². The Morgan fingerprint density at radius 3 is 2.19 bits per heavy atom. The van der Waals surface area contributed by atoms with Crippen molar-refractivity contribution in [1.82, 2.24) is 5.32 Å². The summed E-state index contributed by atoms with van der Waals surface area (Å²) >= 11 is 0. The van der Waals surface area contributed by atoms with Gasteiger partial charge in [0.2, 0.25) is 0 Å². The Labute approximate surface area is 99.8 Å². The van der Waals surface area contributed by atoms with Gasteiger partial charge in [-0.3, -0.25) is 0 Å². The SMILES string of the molecule is CC1CC(C)CC(NCC2(O)CCCC2)C1. The van der Waals surface area contributed by atoms with E-state index in [4.69, 9.17) is 0 Å². The molecule has 2 saturated carbocycles. The number of aliphatic hydroxyl groups is 1. The van der Waals surface area contributed by atoms with E-state index in [1.807, 2.05) is 0 Å². The summed E-state index contributed by atoms with van der Waals surface area (Å²) in [5.41, 5.74) is -0.385. The first kappa shape index (κ1) is 12.4. The molecule has 2 atom stereocenters. The fourth-order valence-corrected chi connectivity index (χ4v) is 3.66. The fraction of sp³-hybridized carbons (Fsp3) is 1.00. The van der Waals surface area contributed by atoms with Crippen LogP contribution in [0.3, 0.4) is 0 Å². The first-order valence-electron chi connectivity index (χ1n) is 7.03. The summed E-state index contributed by atoms with van der Waals surface area (Å²) in [5.74, 6) is 1.69. The first-order valence-corrected chi connectivity index (χ1v) is 7.03. The molecule has 2 heteroatoms. The van der Waals surface area contributed by atoms with E-state index in [1.165, 1.54) is 32.1 Å². The summed E-state index contributed by atoms with van der Waals surface area (Å²) in [6, 6.07) is 0.642. The number of rotatable bonds is 3. The highest BCUT2D eigenvalue weighted by molar-refractivity contribution is 4.89. The third-order valence-corrected chi connectivity index (χ3v) is 4.43. The molecule has 2 aliphatic rings. The number of nitrogens with one attached hydrogen (secondary N) is 1. The maximum atomic E-state index is 10.3. The van der Waals surface area contributed by atoms with Gasteiger partial charge < -0.3 is 10.4 Å². The quantitative estimate of drug-likeness (QED) is 0.774. The smallest absolute Gasteiger partial charge is 0.0771 e. The molecule has 0 saturated heterocycles. The lowest BCUT2D eigenvalue weighted by molar-refractivity contribution is 0.0412. The number of hydrogen-bond acceptors (Lipinski definition) is 2. The second-order valence-corrected chi connectivity index (χ2v) is 6.43. The minimum Gasteiger partial charge on any atom is -0.389 e. The van der Waals surface area contributed by atoms with Gasteiger partial charge in [-0.25, -0.2) is 0 Å². The molecule has 0 spiro atoms. The molecule has 0 aliphatic heterocycles. The normalized spacial score (nSPS) is 38.8. The molecule has 2 aliphatic carbocycles. The largest absolute Gasteiger partial charge is 0.389 e. The Balaban J connectivity index is 1.76. The van der Waals surface area contributed by atoms with Crippen LogP contribution < -0.4 is 5.32 Å². The minimum absolute atomic E-state index is 0.385. The van der Waals surface area contributed by atoms with Gasteiger partial charge in [0.15, 0.2) is 0 Å². The van der Waals surface area contributed by atoms with E-state index in [9.17, 15) is 5.11 Å². The predicted molar refractivity (Wildman–Crippen MR) is 67.4 cm³/mol. The van der Waals surface area contributed by atoms with Crippen LogP contribution in [0.4, 0.5) is 0 Å². The van der Waals surface area contributed by atoms with Gasteiger partial charge in [-0.05, 0) is 43.9 Å². The second-order valence-electron chi connectivity index (χ2n) is 6.43. The molecule has 2 fully saturated rings. The van der Waals surface area contributed by atoms with Gasteiger partial charge in [-0.15, -0.1) is 0 Å². The molecule has 0 radical (unpaired) electrons. The third-order valence-electron chi connectivity index (χ3n) is 4.43. The van der Waals surface area contributed by atoms with Crippen LogP contribution in [0.15, 0.2) is 0 Å².